The Labute approximate surface area is 133 Å². The minimum absolute atomic E-state index is 0.206. The van der Waals surface area contributed by atoms with Gasteiger partial charge in [0.05, 0.1) is 11.1 Å². The first-order valence-electron chi connectivity index (χ1n) is 6.93. The highest BCUT2D eigenvalue weighted by Crippen LogP contribution is 2.35. The van der Waals surface area contributed by atoms with Crippen molar-refractivity contribution in [1.29, 1.82) is 0 Å². The highest BCUT2D eigenvalue weighted by Gasteiger charge is 2.23. The second-order valence-electron chi connectivity index (χ2n) is 6.04. The minimum Gasteiger partial charge on any atom is -0.437 e. The molecule has 2 N–H and O–H groups in total. The molecule has 0 saturated carbocycles. The van der Waals surface area contributed by atoms with Crippen molar-refractivity contribution in [2.75, 3.05) is 5.73 Å². The number of nitrogen functional groups attached to an aromatic ring is 1. The lowest BCUT2D eigenvalue weighted by Crippen LogP contribution is -2.22. The molecule has 0 radical (unpaired) electrons. The summed E-state index contributed by atoms with van der Waals surface area (Å²) in [6.45, 7) is 6.21. The van der Waals surface area contributed by atoms with Gasteiger partial charge in [0, 0.05) is 11.2 Å². The molecule has 0 bridgehead atoms. The summed E-state index contributed by atoms with van der Waals surface area (Å²) in [5, 5.41) is 5.88. The molecule has 0 aliphatic carbocycles. The predicted octanol–water partition coefficient (Wildman–Crippen LogP) is 4.21. The van der Waals surface area contributed by atoms with Gasteiger partial charge in [-0.3, -0.25) is 4.68 Å². The summed E-state index contributed by atoms with van der Waals surface area (Å²) < 4.78 is 7.78. The van der Waals surface area contributed by atoms with Gasteiger partial charge in [-0.15, -0.1) is 5.10 Å². The number of nitrogens with zero attached hydrogens (tertiary/aromatic N) is 3. The monoisotopic (exact) mass is 316 g/mol. The highest BCUT2D eigenvalue weighted by molar-refractivity contribution is 6.30. The lowest BCUT2D eigenvalue weighted by Gasteiger charge is -2.20. The smallest absolute Gasteiger partial charge is 0.250 e. The lowest BCUT2D eigenvalue weighted by molar-refractivity contribution is 0.351. The van der Waals surface area contributed by atoms with Crippen LogP contribution in [0.25, 0.3) is 10.9 Å². The van der Waals surface area contributed by atoms with Crippen molar-refractivity contribution in [3.8, 4) is 11.6 Å². The van der Waals surface area contributed by atoms with Gasteiger partial charge >= 0.3 is 0 Å². The first-order valence-corrected chi connectivity index (χ1v) is 7.31. The Morgan fingerprint density at radius 1 is 1.23 bits per heavy atom. The molecule has 1 aromatic carbocycles. The van der Waals surface area contributed by atoms with E-state index in [1.54, 1.807) is 18.3 Å². The molecule has 3 rings (SSSR count). The number of anilines is 1. The quantitative estimate of drug-likeness (QED) is 0.769. The highest BCUT2D eigenvalue weighted by atomic mass is 35.5. The number of rotatable bonds is 2. The van der Waals surface area contributed by atoms with E-state index in [9.17, 15) is 0 Å². The second kappa shape index (κ2) is 5.18. The van der Waals surface area contributed by atoms with Crippen LogP contribution in [0.4, 0.5) is 5.82 Å². The molecule has 2 aromatic heterocycles. The summed E-state index contributed by atoms with van der Waals surface area (Å²) in [6.07, 6.45) is 1.67. The molecule has 0 spiro atoms. The van der Waals surface area contributed by atoms with E-state index in [2.05, 4.69) is 30.9 Å². The molecule has 114 valence electrons. The number of aromatic nitrogens is 3. The number of fused-ring (bicyclic) bond motifs is 1. The first kappa shape index (κ1) is 14.7. The second-order valence-corrected chi connectivity index (χ2v) is 6.47. The number of pyridine rings is 1. The zero-order chi connectivity index (χ0) is 15.9. The molecule has 0 amide bonds. The lowest BCUT2D eigenvalue weighted by atomic mass is 10.1. The van der Waals surface area contributed by atoms with E-state index in [1.807, 2.05) is 22.9 Å². The van der Waals surface area contributed by atoms with Crippen LogP contribution < -0.4 is 10.5 Å². The maximum Gasteiger partial charge on any atom is 0.250 e. The molecule has 0 unspecified atom stereocenters. The Morgan fingerprint density at radius 3 is 2.68 bits per heavy atom. The Balaban J connectivity index is 2.17. The van der Waals surface area contributed by atoms with Gasteiger partial charge in [0.15, 0.2) is 0 Å². The topological polar surface area (TPSA) is 66.0 Å². The maximum absolute atomic E-state index is 6.03. The fraction of sp³-hybridized carbons (Fsp3) is 0.250. The Morgan fingerprint density at radius 2 is 2.00 bits per heavy atom. The Kier molecular flexibility index (Phi) is 3.45. The van der Waals surface area contributed by atoms with Crippen LogP contribution in [-0.2, 0) is 5.54 Å². The zero-order valence-corrected chi connectivity index (χ0v) is 13.4. The van der Waals surface area contributed by atoms with Crippen LogP contribution in [0.5, 0.6) is 11.6 Å². The number of halogens is 1. The van der Waals surface area contributed by atoms with Crippen LogP contribution in [0.15, 0.2) is 36.5 Å². The molecule has 0 atom stereocenters. The van der Waals surface area contributed by atoms with Crippen molar-refractivity contribution in [2.24, 2.45) is 0 Å². The van der Waals surface area contributed by atoms with Crippen molar-refractivity contribution in [1.82, 2.24) is 14.8 Å². The van der Waals surface area contributed by atoms with Crippen molar-refractivity contribution in [3.05, 3.63) is 41.6 Å². The maximum atomic E-state index is 6.03. The number of ether oxygens (including phenoxy) is 1. The molecule has 6 heteroatoms. The van der Waals surface area contributed by atoms with E-state index < -0.39 is 0 Å². The van der Waals surface area contributed by atoms with E-state index >= 15 is 0 Å². The van der Waals surface area contributed by atoms with Crippen LogP contribution in [-0.4, -0.2) is 14.8 Å². The predicted molar refractivity (Wildman–Crippen MR) is 88.5 cm³/mol. The van der Waals surface area contributed by atoms with Crippen molar-refractivity contribution >= 4 is 28.3 Å². The molecule has 0 aliphatic heterocycles. The third-order valence-electron chi connectivity index (χ3n) is 3.24. The van der Waals surface area contributed by atoms with E-state index in [0.717, 1.165) is 5.52 Å². The average Bonchev–Trinajstić information content (AvgIpc) is 2.79. The largest absolute Gasteiger partial charge is 0.437 e. The standard InChI is InChI=1S/C16H17ClN4O/c1-16(2,3)21-12-7-8-19-14(18)13(12)15(20-21)22-11-6-4-5-10(17)9-11/h4-9H,1-3H3,(H2,18,19). The van der Waals surface area contributed by atoms with Gasteiger partial charge < -0.3 is 10.5 Å². The van der Waals surface area contributed by atoms with E-state index in [0.29, 0.717) is 27.9 Å². The summed E-state index contributed by atoms with van der Waals surface area (Å²) >= 11 is 6.00. The Hall–Kier alpha value is -2.27. The molecule has 22 heavy (non-hydrogen) atoms. The van der Waals surface area contributed by atoms with Crippen LogP contribution in [0, 0.1) is 0 Å². The zero-order valence-electron chi connectivity index (χ0n) is 12.7. The molecular weight excluding hydrogens is 300 g/mol. The van der Waals surface area contributed by atoms with Crippen molar-refractivity contribution in [3.63, 3.8) is 0 Å². The average molecular weight is 317 g/mol. The fourth-order valence-corrected chi connectivity index (χ4v) is 2.46. The number of hydrogen-bond acceptors (Lipinski definition) is 4. The third-order valence-corrected chi connectivity index (χ3v) is 3.47. The van der Waals surface area contributed by atoms with Gasteiger partial charge in [-0.25, -0.2) is 4.98 Å². The number of nitrogens with two attached hydrogens (primary N) is 1. The Bertz CT molecular complexity index is 836. The van der Waals surface area contributed by atoms with Gasteiger partial charge in [-0.1, -0.05) is 17.7 Å². The normalized spacial score (nSPS) is 11.8. The summed E-state index contributed by atoms with van der Waals surface area (Å²) in [6, 6.07) is 9.05. The van der Waals surface area contributed by atoms with Crippen LogP contribution in [0.2, 0.25) is 5.02 Å². The molecule has 0 aliphatic rings. The van der Waals surface area contributed by atoms with E-state index in [-0.39, 0.29) is 5.54 Å². The SMILES string of the molecule is CC(C)(C)n1nc(Oc2cccc(Cl)c2)c2c(N)nccc21. The molecule has 5 nitrogen and oxygen atoms in total. The molecule has 0 saturated heterocycles. The molecule has 3 aromatic rings. The summed E-state index contributed by atoms with van der Waals surface area (Å²) in [7, 11) is 0. The van der Waals surface area contributed by atoms with Gasteiger partial charge in [0.1, 0.15) is 17.0 Å². The molecule has 2 heterocycles. The van der Waals surface area contributed by atoms with Crippen LogP contribution in [0.1, 0.15) is 20.8 Å². The van der Waals surface area contributed by atoms with E-state index in [1.165, 1.54) is 0 Å². The number of hydrogen-bond donors (Lipinski definition) is 1. The van der Waals surface area contributed by atoms with Crippen LogP contribution in [0.3, 0.4) is 0 Å². The summed E-state index contributed by atoms with van der Waals surface area (Å²) in [5.74, 6) is 1.43. The van der Waals surface area contributed by atoms with E-state index in [4.69, 9.17) is 22.1 Å². The molecule has 0 fully saturated rings. The van der Waals surface area contributed by atoms with Crippen LogP contribution >= 0.6 is 11.6 Å². The molecular formula is C16H17ClN4O. The summed E-state index contributed by atoms with van der Waals surface area (Å²) in [4.78, 5) is 4.14. The number of benzene rings is 1. The minimum atomic E-state index is -0.206. The van der Waals surface area contributed by atoms with Gasteiger partial charge in [-0.05, 0) is 45.0 Å². The van der Waals surface area contributed by atoms with Gasteiger partial charge in [0.2, 0.25) is 5.88 Å². The van der Waals surface area contributed by atoms with Crippen molar-refractivity contribution < 1.29 is 4.74 Å². The van der Waals surface area contributed by atoms with Gasteiger partial charge in [-0.2, -0.15) is 0 Å². The fourth-order valence-electron chi connectivity index (χ4n) is 2.28. The summed E-state index contributed by atoms with van der Waals surface area (Å²) in [5.41, 5.74) is 6.71. The van der Waals surface area contributed by atoms with Gasteiger partial charge in [0.25, 0.3) is 0 Å². The first-order chi connectivity index (χ1) is 10.4. The van der Waals surface area contributed by atoms with Crippen molar-refractivity contribution in [2.45, 2.75) is 26.3 Å². The third kappa shape index (κ3) is 2.60.